The van der Waals surface area contributed by atoms with Crippen LogP contribution >= 0.6 is 11.3 Å². The summed E-state index contributed by atoms with van der Waals surface area (Å²) in [6.07, 6.45) is 0.711. The fraction of sp³-hybridized carbons (Fsp3) is 0.304. The van der Waals surface area contributed by atoms with Crippen molar-refractivity contribution in [1.82, 2.24) is 9.97 Å². The van der Waals surface area contributed by atoms with Crippen LogP contribution in [0.2, 0.25) is 0 Å². The number of esters is 1. The van der Waals surface area contributed by atoms with Crippen molar-refractivity contribution in [3.8, 4) is 17.0 Å². The Hall–Kier alpha value is -3.47. The Labute approximate surface area is 198 Å². The number of amides is 1. The highest BCUT2D eigenvalue weighted by Crippen LogP contribution is 2.41. The van der Waals surface area contributed by atoms with Crippen molar-refractivity contribution in [2.45, 2.75) is 32.4 Å². The Balaban J connectivity index is 2.03. The summed E-state index contributed by atoms with van der Waals surface area (Å²) < 4.78 is 51.4. The largest absolute Gasteiger partial charge is 0.493 e. The number of hydrogen-bond donors (Lipinski definition) is 0. The van der Waals surface area contributed by atoms with E-state index in [9.17, 15) is 22.8 Å². The van der Waals surface area contributed by atoms with Crippen molar-refractivity contribution in [2.24, 2.45) is 0 Å². The Bertz CT molecular complexity index is 1140. The van der Waals surface area contributed by atoms with Crippen molar-refractivity contribution < 1.29 is 32.2 Å². The van der Waals surface area contributed by atoms with E-state index in [1.165, 1.54) is 6.07 Å². The van der Waals surface area contributed by atoms with Gasteiger partial charge in [-0.3, -0.25) is 9.78 Å². The van der Waals surface area contributed by atoms with Crippen molar-refractivity contribution in [1.29, 1.82) is 0 Å². The number of ether oxygens (including phenoxy) is 2. The van der Waals surface area contributed by atoms with Gasteiger partial charge < -0.3 is 9.47 Å². The molecular weight excluding hydrogens is 471 g/mol. The zero-order valence-electron chi connectivity index (χ0n) is 18.5. The number of nitrogens with zero attached hydrogens (tertiary/aromatic N) is 3. The molecule has 0 aliphatic heterocycles. The van der Waals surface area contributed by atoms with Crippen molar-refractivity contribution >= 4 is 34.0 Å². The number of carbonyl (C=O) groups excluding carboxylic acids is 2. The third-order valence-corrected chi connectivity index (χ3v) is 5.56. The van der Waals surface area contributed by atoms with Gasteiger partial charge in [-0.2, -0.15) is 13.2 Å². The van der Waals surface area contributed by atoms with Gasteiger partial charge in [0.05, 0.1) is 30.7 Å². The average Bonchev–Trinajstić information content (AvgIpc) is 3.31. The number of unbranched alkanes of at least 4 members (excludes halogenated alkanes) is 2. The second-order valence-electron chi connectivity index (χ2n) is 7.12. The number of halogens is 3. The van der Waals surface area contributed by atoms with Gasteiger partial charge in [-0.15, -0.1) is 11.3 Å². The lowest BCUT2D eigenvalue weighted by molar-refractivity contribution is -0.151. The average molecular weight is 494 g/mol. The van der Waals surface area contributed by atoms with Gasteiger partial charge in [0.1, 0.15) is 5.75 Å². The zero-order valence-corrected chi connectivity index (χ0v) is 19.3. The normalized spacial score (nSPS) is 11.2. The molecule has 0 fully saturated rings. The molecule has 3 rings (SSSR count). The summed E-state index contributed by atoms with van der Waals surface area (Å²) in [4.78, 5) is 34.0. The van der Waals surface area contributed by atoms with Crippen LogP contribution in [0.3, 0.4) is 0 Å². The first-order valence-corrected chi connectivity index (χ1v) is 11.3. The molecule has 180 valence electrons. The fourth-order valence-corrected chi connectivity index (χ4v) is 3.90. The molecule has 0 bridgehead atoms. The molecule has 0 radical (unpaired) electrons. The van der Waals surface area contributed by atoms with Crippen LogP contribution < -0.4 is 9.64 Å². The standard InChI is InChI=1S/C23H22F3N3O4S/c1-3-4-5-11-33-19-9-8-16(12-17(19)23(24,25)26)29(20(30)21(31)32-2)22-28-18(14-34-22)15-7-6-10-27-13-15/h6-10,12-14H,3-5,11H2,1-2H3. The van der Waals surface area contributed by atoms with E-state index in [2.05, 4.69) is 14.7 Å². The summed E-state index contributed by atoms with van der Waals surface area (Å²) in [7, 11) is 1.01. The topological polar surface area (TPSA) is 81.6 Å². The number of anilines is 2. The van der Waals surface area contributed by atoms with E-state index in [0.717, 1.165) is 48.3 Å². The number of benzene rings is 1. The second-order valence-corrected chi connectivity index (χ2v) is 7.96. The van der Waals surface area contributed by atoms with Gasteiger partial charge in [-0.05, 0) is 36.8 Å². The first-order chi connectivity index (χ1) is 16.3. The molecule has 2 heterocycles. The van der Waals surface area contributed by atoms with Gasteiger partial charge in [-0.25, -0.2) is 14.7 Å². The molecule has 0 aliphatic carbocycles. The van der Waals surface area contributed by atoms with Gasteiger partial charge in [0, 0.05) is 23.3 Å². The summed E-state index contributed by atoms with van der Waals surface area (Å²) in [5, 5.41) is 1.61. The van der Waals surface area contributed by atoms with Crippen LogP contribution in [-0.2, 0) is 20.5 Å². The molecule has 2 aromatic heterocycles. The van der Waals surface area contributed by atoms with Crippen LogP contribution in [0.4, 0.5) is 24.0 Å². The molecular formula is C23H22F3N3O4S. The number of pyridine rings is 1. The summed E-state index contributed by atoms with van der Waals surface area (Å²) >= 11 is 0.986. The van der Waals surface area contributed by atoms with E-state index in [4.69, 9.17) is 4.74 Å². The molecule has 0 aliphatic rings. The molecule has 3 aromatic rings. The monoisotopic (exact) mass is 493 g/mol. The number of hydrogen-bond acceptors (Lipinski definition) is 7. The number of rotatable bonds is 8. The van der Waals surface area contributed by atoms with Crippen LogP contribution in [-0.4, -0.2) is 35.6 Å². The first kappa shape index (κ1) is 25.2. The quantitative estimate of drug-likeness (QED) is 0.230. The minimum atomic E-state index is -4.75. The second kappa shape index (κ2) is 11.1. The van der Waals surface area contributed by atoms with E-state index in [-0.39, 0.29) is 23.2 Å². The van der Waals surface area contributed by atoms with E-state index in [1.54, 1.807) is 29.9 Å². The molecule has 0 N–H and O–H groups in total. The van der Waals surface area contributed by atoms with Crippen LogP contribution in [0.1, 0.15) is 31.7 Å². The predicted molar refractivity (Wildman–Crippen MR) is 121 cm³/mol. The van der Waals surface area contributed by atoms with Gasteiger partial charge in [0.25, 0.3) is 0 Å². The van der Waals surface area contributed by atoms with Crippen LogP contribution in [0.5, 0.6) is 5.75 Å². The first-order valence-electron chi connectivity index (χ1n) is 10.4. The number of methoxy groups -OCH3 is 1. The molecule has 0 spiro atoms. The highest BCUT2D eigenvalue weighted by molar-refractivity contribution is 7.14. The van der Waals surface area contributed by atoms with E-state index in [1.807, 2.05) is 6.92 Å². The smallest absolute Gasteiger partial charge is 0.420 e. The SMILES string of the molecule is CCCCCOc1ccc(N(C(=O)C(=O)OC)c2nc(-c3cccnc3)cs2)cc1C(F)(F)F. The van der Waals surface area contributed by atoms with Gasteiger partial charge in [0.15, 0.2) is 5.13 Å². The van der Waals surface area contributed by atoms with Crippen molar-refractivity contribution in [3.05, 3.63) is 53.7 Å². The lowest BCUT2D eigenvalue weighted by Crippen LogP contribution is -2.33. The summed E-state index contributed by atoms with van der Waals surface area (Å²) in [6.45, 7) is 2.10. The number of alkyl halides is 3. The van der Waals surface area contributed by atoms with E-state index in [0.29, 0.717) is 17.7 Å². The third kappa shape index (κ3) is 5.90. The molecule has 1 amide bonds. The highest BCUT2D eigenvalue weighted by atomic mass is 32.1. The predicted octanol–water partition coefficient (Wildman–Crippen LogP) is 5.63. The van der Waals surface area contributed by atoms with Crippen LogP contribution in [0.15, 0.2) is 48.1 Å². The Morgan fingerprint density at radius 1 is 1.18 bits per heavy atom. The van der Waals surface area contributed by atoms with Crippen molar-refractivity contribution in [2.75, 3.05) is 18.6 Å². The number of thiazole rings is 1. The zero-order chi connectivity index (χ0) is 24.7. The number of carbonyl (C=O) groups is 2. The lowest BCUT2D eigenvalue weighted by Gasteiger charge is -2.21. The maximum Gasteiger partial charge on any atom is 0.420 e. The van der Waals surface area contributed by atoms with Crippen LogP contribution in [0.25, 0.3) is 11.3 Å². The maximum atomic E-state index is 13.8. The lowest BCUT2D eigenvalue weighted by atomic mass is 10.1. The molecule has 7 nitrogen and oxygen atoms in total. The minimum absolute atomic E-state index is 0.000934. The molecule has 34 heavy (non-hydrogen) atoms. The van der Waals surface area contributed by atoms with Crippen LogP contribution in [0, 0.1) is 0 Å². The van der Waals surface area contributed by atoms with E-state index < -0.39 is 23.6 Å². The Kier molecular flexibility index (Phi) is 8.21. The minimum Gasteiger partial charge on any atom is -0.493 e. The van der Waals surface area contributed by atoms with Gasteiger partial charge in [-0.1, -0.05) is 19.8 Å². The Morgan fingerprint density at radius 2 is 1.97 bits per heavy atom. The highest BCUT2D eigenvalue weighted by Gasteiger charge is 2.37. The van der Waals surface area contributed by atoms with Crippen molar-refractivity contribution in [3.63, 3.8) is 0 Å². The maximum absolute atomic E-state index is 13.8. The van der Waals surface area contributed by atoms with Gasteiger partial charge >= 0.3 is 18.1 Å². The third-order valence-electron chi connectivity index (χ3n) is 4.74. The summed E-state index contributed by atoms with van der Waals surface area (Å²) in [5.74, 6) is -2.78. The fourth-order valence-electron chi connectivity index (χ4n) is 3.05. The molecule has 0 unspecified atom stereocenters. The summed E-state index contributed by atoms with van der Waals surface area (Å²) in [6, 6.07) is 6.61. The molecule has 0 saturated heterocycles. The number of aromatic nitrogens is 2. The molecule has 1 aromatic carbocycles. The van der Waals surface area contributed by atoms with Gasteiger partial charge in [0.2, 0.25) is 0 Å². The van der Waals surface area contributed by atoms with E-state index >= 15 is 0 Å². The summed E-state index contributed by atoms with van der Waals surface area (Å²) in [5.41, 5.74) is -0.172. The molecule has 0 saturated carbocycles. The molecule has 0 atom stereocenters. The Morgan fingerprint density at radius 3 is 2.62 bits per heavy atom. The molecule has 11 heteroatoms.